The third kappa shape index (κ3) is 5.64. The smallest absolute Gasteiger partial charge is 0.323 e. The van der Waals surface area contributed by atoms with E-state index in [1.54, 1.807) is 31.4 Å². The predicted octanol–water partition coefficient (Wildman–Crippen LogP) is 4.02. The first-order valence-electron chi connectivity index (χ1n) is 10.4. The lowest BCUT2D eigenvalue weighted by molar-refractivity contribution is 0.122. The summed E-state index contributed by atoms with van der Waals surface area (Å²) >= 11 is 0. The predicted molar refractivity (Wildman–Crippen MR) is 125 cm³/mol. The lowest BCUT2D eigenvalue weighted by Crippen LogP contribution is -2.36. The summed E-state index contributed by atoms with van der Waals surface area (Å²) in [5.74, 6) is 2.15. The Labute approximate surface area is 186 Å². The number of aryl methyl sites for hydroxylation is 1. The van der Waals surface area contributed by atoms with Gasteiger partial charge in [-0.2, -0.15) is 4.98 Å². The highest BCUT2D eigenvalue weighted by Crippen LogP contribution is 2.21. The van der Waals surface area contributed by atoms with Gasteiger partial charge in [-0.05, 0) is 55.5 Å². The minimum Gasteiger partial charge on any atom is -0.497 e. The van der Waals surface area contributed by atoms with E-state index in [-0.39, 0.29) is 6.03 Å². The van der Waals surface area contributed by atoms with E-state index in [1.807, 2.05) is 37.3 Å². The fourth-order valence-corrected chi connectivity index (χ4v) is 3.30. The van der Waals surface area contributed by atoms with E-state index in [4.69, 9.17) is 9.47 Å². The number of hydrogen-bond acceptors (Lipinski definition) is 7. The molecule has 166 valence electrons. The second-order valence-corrected chi connectivity index (χ2v) is 7.30. The molecule has 0 aliphatic carbocycles. The largest absolute Gasteiger partial charge is 0.497 e. The molecule has 0 unspecified atom stereocenters. The molecule has 0 saturated carbocycles. The van der Waals surface area contributed by atoms with Crippen LogP contribution in [0.5, 0.6) is 5.75 Å². The van der Waals surface area contributed by atoms with Crippen LogP contribution >= 0.6 is 0 Å². The quantitative estimate of drug-likeness (QED) is 0.539. The van der Waals surface area contributed by atoms with Crippen molar-refractivity contribution in [2.24, 2.45) is 0 Å². The molecule has 2 amide bonds. The Bertz CT molecular complexity index is 1050. The van der Waals surface area contributed by atoms with Gasteiger partial charge in [-0.1, -0.05) is 0 Å². The number of benzene rings is 2. The fourth-order valence-electron chi connectivity index (χ4n) is 3.30. The zero-order valence-electron chi connectivity index (χ0n) is 18.1. The minimum absolute atomic E-state index is 0.326. The standard InChI is InChI=1S/C23H26N6O3/c1-16-15-21(29-11-13-32-14-12-29)28-22(24-16)25-17-3-5-18(6-4-17)26-23(30)27-19-7-9-20(31-2)10-8-19/h3-10,15H,11-14H2,1-2H3,(H,24,25,28)(H2,26,27,30). The molecular weight excluding hydrogens is 408 g/mol. The number of aromatic nitrogens is 2. The summed E-state index contributed by atoms with van der Waals surface area (Å²) in [4.78, 5) is 23.6. The molecule has 2 aromatic carbocycles. The SMILES string of the molecule is COc1ccc(NC(=O)Nc2ccc(Nc3nc(C)cc(N4CCOCC4)n3)cc2)cc1. The molecule has 0 radical (unpaired) electrons. The number of nitrogens with zero attached hydrogens (tertiary/aromatic N) is 3. The van der Waals surface area contributed by atoms with E-state index in [0.29, 0.717) is 30.5 Å². The summed E-state index contributed by atoms with van der Waals surface area (Å²) in [7, 11) is 1.60. The van der Waals surface area contributed by atoms with Crippen LogP contribution in [0.4, 0.5) is 33.6 Å². The molecule has 1 fully saturated rings. The Morgan fingerprint density at radius 3 is 2.16 bits per heavy atom. The van der Waals surface area contributed by atoms with E-state index in [1.165, 1.54) is 0 Å². The molecular formula is C23H26N6O3. The van der Waals surface area contributed by atoms with Gasteiger partial charge in [0.2, 0.25) is 5.95 Å². The number of carbonyl (C=O) groups is 1. The monoisotopic (exact) mass is 434 g/mol. The van der Waals surface area contributed by atoms with Gasteiger partial charge in [0.25, 0.3) is 0 Å². The molecule has 9 heteroatoms. The van der Waals surface area contributed by atoms with Gasteiger partial charge in [0, 0.05) is 41.9 Å². The van der Waals surface area contributed by atoms with E-state index in [0.717, 1.165) is 36.0 Å². The van der Waals surface area contributed by atoms with Gasteiger partial charge in [-0.25, -0.2) is 9.78 Å². The van der Waals surface area contributed by atoms with Gasteiger partial charge >= 0.3 is 6.03 Å². The molecule has 4 rings (SSSR count). The maximum atomic E-state index is 12.2. The van der Waals surface area contributed by atoms with Crippen molar-refractivity contribution >= 4 is 34.9 Å². The van der Waals surface area contributed by atoms with E-state index >= 15 is 0 Å². The highest BCUT2D eigenvalue weighted by molar-refractivity contribution is 5.99. The van der Waals surface area contributed by atoms with Crippen molar-refractivity contribution in [3.63, 3.8) is 0 Å². The summed E-state index contributed by atoms with van der Waals surface area (Å²) in [5, 5.41) is 8.83. The first kappa shape index (κ1) is 21.4. The molecule has 0 bridgehead atoms. The highest BCUT2D eigenvalue weighted by atomic mass is 16.5. The van der Waals surface area contributed by atoms with Gasteiger partial charge in [-0.3, -0.25) is 0 Å². The van der Waals surface area contributed by atoms with Crippen LogP contribution in [0.2, 0.25) is 0 Å². The van der Waals surface area contributed by atoms with Crippen molar-refractivity contribution in [3.05, 3.63) is 60.3 Å². The first-order chi connectivity index (χ1) is 15.6. The normalized spacial score (nSPS) is 13.4. The summed E-state index contributed by atoms with van der Waals surface area (Å²) < 4.78 is 10.5. The number of nitrogens with one attached hydrogen (secondary N) is 3. The van der Waals surface area contributed by atoms with Crippen LogP contribution in [-0.4, -0.2) is 49.4 Å². The summed E-state index contributed by atoms with van der Waals surface area (Å²) in [6.07, 6.45) is 0. The highest BCUT2D eigenvalue weighted by Gasteiger charge is 2.14. The topological polar surface area (TPSA) is 101 Å². The average molecular weight is 435 g/mol. The van der Waals surface area contributed by atoms with Gasteiger partial charge < -0.3 is 30.3 Å². The molecule has 1 aliphatic heterocycles. The van der Waals surface area contributed by atoms with Gasteiger partial charge in [0.1, 0.15) is 11.6 Å². The Morgan fingerprint density at radius 2 is 1.53 bits per heavy atom. The Hall–Kier alpha value is -3.85. The number of urea groups is 1. The third-order valence-corrected chi connectivity index (χ3v) is 4.92. The molecule has 32 heavy (non-hydrogen) atoms. The number of amides is 2. The van der Waals surface area contributed by atoms with Crippen molar-refractivity contribution in [3.8, 4) is 5.75 Å². The molecule has 9 nitrogen and oxygen atoms in total. The third-order valence-electron chi connectivity index (χ3n) is 4.92. The maximum Gasteiger partial charge on any atom is 0.323 e. The van der Waals surface area contributed by atoms with Crippen molar-refractivity contribution in [2.45, 2.75) is 6.92 Å². The number of methoxy groups -OCH3 is 1. The molecule has 0 spiro atoms. The van der Waals surface area contributed by atoms with Gasteiger partial charge in [0.15, 0.2) is 0 Å². The van der Waals surface area contributed by atoms with Crippen LogP contribution in [-0.2, 0) is 4.74 Å². The zero-order valence-corrected chi connectivity index (χ0v) is 18.1. The Balaban J connectivity index is 1.36. The number of hydrogen-bond donors (Lipinski definition) is 3. The van der Waals surface area contributed by atoms with Crippen LogP contribution in [0, 0.1) is 6.92 Å². The van der Waals surface area contributed by atoms with Crippen LogP contribution < -0.4 is 25.6 Å². The molecule has 0 atom stereocenters. The van der Waals surface area contributed by atoms with Crippen molar-refractivity contribution in [2.75, 3.05) is 54.3 Å². The fraction of sp³-hybridized carbons (Fsp3) is 0.261. The number of carbonyl (C=O) groups excluding carboxylic acids is 1. The van der Waals surface area contributed by atoms with Crippen molar-refractivity contribution in [1.82, 2.24) is 9.97 Å². The van der Waals surface area contributed by atoms with Crippen molar-refractivity contribution in [1.29, 1.82) is 0 Å². The molecule has 1 saturated heterocycles. The molecule has 1 aliphatic rings. The minimum atomic E-state index is -0.326. The Morgan fingerprint density at radius 1 is 0.938 bits per heavy atom. The van der Waals surface area contributed by atoms with Crippen LogP contribution in [0.15, 0.2) is 54.6 Å². The molecule has 2 heterocycles. The van der Waals surface area contributed by atoms with Crippen LogP contribution in [0.3, 0.4) is 0 Å². The molecule has 3 N–H and O–H groups in total. The van der Waals surface area contributed by atoms with Gasteiger partial charge in [-0.15, -0.1) is 0 Å². The maximum absolute atomic E-state index is 12.2. The van der Waals surface area contributed by atoms with Crippen LogP contribution in [0.25, 0.3) is 0 Å². The summed E-state index contributed by atoms with van der Waals surface area (Å²) in [6, 6.07) is 16.1. The zero-order chi connectivity index (χ0) is 22.3. The number of morpholine rings is 1. The second kappa shape index (κ2) is 9.97. The Kier molecular flexibility index (Phi) is 6.66. The molecule has 3 aromatic rings. The number of ether oxygens (including phenoxy) is 2. The van der Waals surface area contributed by atoms with E-state index in [9.17, 15) is 4.79 Å². The van der Waals surface area contributed by atoms with Crippen LogP contribution in [0.1, 0.15) is 5.69 Å². The summed E-state index contributed by atoms with van der Waals surface area (Å²) in [5.41, 5.74) is 3.05. The first-order valence-corrected chi connectivity index (χ1v) is 10.4. The average Bonchev–Trinajstić information content (AvgIpc) is 2.81. The van der Waals surface area contributed by atoms with Crippen molar-refractivity contribution < 1.29 is 14.3 Å². The lowest BCUT2D eigenvalue weighted by Gasteiger charge is -2.28. The molecule has 1 aromatic heterocycles. The van der Waals surface area contributed by atoms with E-state index < -0.39 is 0 Å². The number of anilines is 5. The second-order valence-electron chi connectivity index (χ2n) is 7.30. The number of rotatable bonds is 6. The lowest BCUT2D eigenvalue weighted by atomic mass is 10.3. The summed E-state index contributed by atoms with van der Waals surface area (Å²) in [6.45, 7) is 4.98. The van der Waals surface area contributed by atoms with Gasteiger partial charge in [0.05, 0.1) is 20.3 Å². The van der Waals surface area contributed by atoms with E-state index in [2.05, 4.69) is 30.8 Å².